The van der Waals surface area contributed by atoms with Gasteiger partial charge in [0.15, 0.2) is 0 Å². The van der Waals surface area contributed by atoms with Crippen LogP contribution in [-0.2, 0) is 0 Å². The molecule has 1 amide bonds. The number of aromatic nitrogens is 1. The van der Waals surface area contributed by atoms with Crippen LogP contribution in [-0.4, -0.2) is 55.1 Å². The SMILES string of the molecule is CCN(CC)CCNC(=O)c1ccc(N2CCCCC2)nc1. The van der Waals surface area contributed by atoms with Crippen molar-refractivity contribution in [1.29, 1.82) is 0 Å². The lowest BCUT2D eigenvalue weighted by molar-refractivity contribution is 0.0948. The molecule has 1 aliphatic heterocycles. The first-order valence-electron chi connectivity index (χ1n) is 8.46. The zero-order valence-electron chi connectivity index (χ0n) is 13.8. The molecule has 1 fully saturated rings. The van der Waals surface area contributed by atoms with Gasteiger partial charge in [-0.2, -0.15) is 0 Å². The molecule has 0 unspecified atom stereocenters. The van der Waals surface area contributed by atoms with Crippen molar-refractivity contribution in [3.63, 3.8) is 0 Å². The summed E-state index contributed by atoms with van der Waals surface area (Å²) >= 11 is 0. The van der Waals surface area contributed by atoms with E-state index in [0.717, 1.165) is 38.5 Å². The summed E-state index contributed by atoms with van der Waals surface area (Å²) in [6, 6.07) is 3.84. The van der Waals surface area contributed by atoms with Crippen molar-refractivity contribution in [2.75, 3.05) is 44.2 Å². The van der Waals surface area contributed by atoms with Crippen LogP contribution in [0.4, 0.5) is 5.82 Å². The third-order valence-corrected chi connectivity index (χ3v) is 4.30. The van der Waals surface area contributed by atoms with Crippen LogP contribution in [0.2, 0.25) is 0 Å². The zero-order valence-corrected chi connectivity index (χ0v) is 13.8. The van der Waals surface area contributed by atoms with Gasteiger partial charge in [-0.25, -0.2) is 4.98 Å². The van der Waals surface area contributed by atoms with Gasteiger partial charge in [-0.1, -0.05) is 13.8 Å². The summed E-state index contributed by atoms with van der Waals surface area (Å²) in [5, 5.41) is 2.96. The number of carbonyl (C=O) groups excluding carboxylic acids is 1. The highest BCUT2D eigenvalue weighted by Crippen LogP contribution is 2.17. The van der Waals surface area contributed by atoms with Crippen LogP contribution in [0.3, 0.4) is 0 Å². The second-order valence-corrected chi connectivity index (χ2v) is 5.74. The highest BCUT2D eigenvalue weighted by Gasteiger charge is 2.13. The van der Waals surface area contributed by atoms with Crippen LogP contribution >= 0.6 is 0 Å². The highest BCUT2D eigenvalue weighted by molar-refractivity contribution is 5.94. The van der Waals surface area contributed by atoms with Gasteiger partial charge in [0.1, 0.15) is 5.82 Å². The number of hydrogen-bond donors (Lipinski definition) is 1. The molecule has 2 heterocycles. The van der Waals surface area contributed by atoms with Crippen molar-refractivity contribution in [3.8, 4) is 0 Å². The Labute approximate surface area is 133 Å². The number of carbonyl (C=O) groups is 1. The van der Waals surface area contributed by atoms with Crippen molar-refractivity contribution in [1.82, 2.24) is 15.2 Å². The maximum atomic E-state index is 12.1. The number of piperidine rings is 1. The molecule has 1 aromatic rings. The van der Waals surface area contributed by atoms with Gasteiger partial charge in [0, 0.05) is 32.4 Å². The number of likely N-dealkylation sites (N-methyl/N-ethyl adjacent to an activating group) is 1. The summed E-state index contributed by atoms with van der Waals surface area (Å²) in [4.78, 5) is 21.1. The van der Waals surface area contributed by atoms with Gasteiger partial charge in [0.2, 0.25) is 0 Å². The molecule has 2 rings (SSSR count). The standard InChI is InChI=1S/C17H28N4O/c1-3-20(4-2)13-10-18-17(22)15-8-9-16(19-14-15)21-11-6-5-7-12-21/h8-9,14H,3-7,10-13H2,1-2H3,(H,18,22). The number of hydrogen-bond acceptors (Lipinski definition) is 4. The molecule has 0 bridgehead atoms. The largest absolute Gasteiger partial charge is 0.357 e. The first-order chi connectivity index (χ1) is 10.7. The van der Waals surface area contributed by atoms with Crippen molar-refractivity contribution in [2.45, 2.75) is 33.1 Å². The lowest BCUT2D eigenvalue weighted by Gasteiger charge is -2.27. The summed E-state index contributed by atoms with van der Waals surface area (Å²) in [5.74, 6) is 0.948. The molecule has 1 aromatic heterocycles. The van der Waals surface area contributed by atoms with E-state index in [9.17, 15) is 4.79 Å². The lowest BCUT2D eigenvalue weighted by atomic mass is 10.1. The van der Waals surface area contributed by atoms with E-state index in [1.165, 1.54) is 19.3 Å². The van der Waals surface area contributed by atoms with Crippen LogP contribution < -0.4 is 10.2 Å². The molecule has 0 saturated carbocycles. The smallest absolute Gasteiger partial charge is 0.252 e. The van der Waals surface area contributed by atoms with Gasteiger partial charge in [0.05, 0.1) is 5.56 Å². The third kappa shape index (κ3) is 4.70. The van der Waals surface area contributed by atoms with Gasteiger partial charge < -0.3 is 15.1 Å². The Morgan fingerprint density at radius 3 is 2.55 bits per heavy atom. The monoisotopic (exact) mass is 304 g/mol. The molecule has 122 valence electrons. The first-order valence-corrected chi connectivity index (χ1v) is 8.46. The van der Waals surface area contributed by atoms with Gasteiger partial charge in [-0.3, -0.25) is 4.79 Å². The summed E-state index contributed by atoms with van der Waals surface area (Å²) < 4.78 is 0. The third-order valence-electron chi connectivity index (χ3n) is 4.30. The Hall–Kier alpha value is -1.62. The predicted molar refractivity (Wildman–Crippen MR) is 90.4 cm³/mol. The normalized spacial score (nSPS) is 15.1. The van der Waals surface area contributed by atoms with Gasteiger partial charge in [0.25, 0.3) is 5.91 Å². The molecule has 5 nitrogen and oxygen atoms in total. The fraction of sp³-hybridized carbons (Fsp3) is 0.647. The summed E-state index contributed by atoms with van der Waals surface area (Å²) in [6.07, 6.45) is 5.46. The minimum Gasteiger partial charge on any atom is -0.357 e. The van der Waals surface area contributed by atoms with Crippen molar-refractivity contribution < 1.29 is 4.79 Å². The van der Waals surface area contributed by atoms with Crippen LogP contribution in [0.1, 0.15) is 43.5 Å². The Balaban J connectivity index is 1.82. The molecular weight excluding hydrogens is 276 g/mol. The molecule has 0 aliphatic carbocycles. The highest BCUT2D eigenvalue weighted by atomic mass is 16.1. The van der Waals surface area contributed by atoms with Crippen LogP contribution in [0.25, 0.3) is 0 Å². The second-order valence-electron chi connectivity index (χ2n) is 5.74. The summed E-state index contributed by atoms with van der Waals surface area (Å²) in [5.41, 5.74) is 0.639. The van der Waals surface area contributed by atoms with E-state index in [4.69, 9.17) is 0 Å². The quantitative estimate of drug-likeness (QED) is 0.838. The van der Waals surface area contributed by atoms with E-state index in [1.807, 2.05) is 12.1 Å². The van der Waals surface area contributed by atoms with Gasteiger partial charge in [-0.15, -0.1) is 0 Å². The number of nitrogens with one attached hydrogen (secondary N) is 1. The fourth-order valence-corrected chi connectivity index (χ4v) is 2.80. The molecule has 0 atom stereocenters. The zero-order chi connectivity index (χ0) is 15.8. The van der Waals surface area contributed by atoms with E-state index < -0.39 is 0 Å². The van der Waals surface area contributed by atoms with Crippen molar-refractivity contribution in [2.24, 2.45) is 0 Å². The number of nitrogens with zero attached hydrogens (tertiary/aromatic N) is 3. The molecule has 1 saturated heterocycles. The van der Waals surface area contributed by atoms with E-state index in [-0.39, 0.29) is 5.91 Å². The second kappa shape index (κ2) is 8.73. The minimum atomic E-state index is -0.0372. The topological polar surface area (TPSA) is 48.5 Å². The van der Waals surface area contributed by atoms with E-state index in [2.05, 4.69) is 33.9 Å². The van der Waals surface area contributed by atoms with Crippen molar-refractivity contribution in [3.05, 3.63) is 23.9 Å². The van der Waals surface area contributed by atoms with Gasteiger partial charge >= 0.3 is 0 Å². The maximum Gasteiger partial charge on any atom is 0.252 e. The van der Waals surface area contributed by atoms with E-state index in [1.54, 1.807) is 6.20 Å². The fourth-order valence-electron chi connectivity index (χ4n) is 2.80. The summed E-state index contributed by atoms with van der Waals surface area (Å²) in [7, 11) is 0. The Kier molecular flexibility index (Phi) is 6.65. The molecule has 1 N–H and O–H groups in total. The average Bonchev–Trinajstić information content (AvgIpc) is 2.59. The maximum absolute atomic E-state index is 12.1. The Morgan fingerprint density at radius 2 is 1.95 bits per heavy atom. The first kappa shape index (κ1) is 16.7. The Morgan fingerprint density at radius 1 is 1.23 bits per heavy atom. The van der Waals surface area contributed by atoms with E-state index >= 15 is 0 Å². The molecule has 1 aliphatic rings. The molecular formula is C17H28N4O. The Bertz CT molecular complexity index is 450. The predicted octanol–water partition coefficient (Wildman–Crippen LogP) is 2.14. The van der Waals surface area contributed by atoms with E-state index in [0.29, 0.717) is 12.1 Å². The summed E-state index contributed by atoms with van der Waals surface area (Å²) in [6.45, 7) is 10.00. The number of anilines is 1. The van der Waals surface area contributed by atoms with Crippen molar-refractivity contribution >= 4 is 11.7 Å². The molecule has 22 heavy (non-hydrogen) atoms. The number of amides is 1. The van der Waals surface area contributed by atoms with Crippen LogP contribution in [0, 0.1) is 0 Å². The molecule has 5 heteroatoms. The number of rotatable bonds is 7. The van der Waals surface area contributed by atoms with Crippen LogP contribution in [0.15, 0.2) is 18.3 Å². The van der Waals surface area contributed by atoms with Gasteiger partial charge in [-0.05, 0) is 44.5 Å². The average molecular weight is 304 g/mol. The molecule has 0 radical (unpaired) electrons. The minimum absolute atomic E-state index is 0.0372. The molecule has 0 aromatic carbocycles. The molecule has 0 spiro atoms. The number of pyridine rings is 1. The lowest BCUT2D eigenvalue weighted by Crippen LogP contribution is -2.35. The van der Waals surface area contributed by atoms with Crippen LogP contribution in [0.5, 0.6) is 0 Å².